The van der Waals surface area contributed by atoms with Crippen LogP contribution in [0.4, 0.5) is 0 Å². The minimum absolute atomic E-state index is 0.00812. The van der Waals surface area contributed by atoms with Crippen molar-refractivity contribution in [1.29, 1.82) is 0 Å². The molecular weight excluding hydrogens is 286 g/mol. The molecule has 0 fully saturated rings. The van der Waals surface area contributed by atoms with Crippen molar-refractivity contribution < 1.29 is 5.11 Å². The van der Waals surface area contributed by atoms with Crippen molar-refractivity contribution in [3.63, 3.8) is 0 Å². The molecule has 0 saturated carbocycles. The van der Waals surface area contributed by atoms with Crippen LogP contribution in [-0.4, -0.2) is 16.3 Å². The first-order valence-electron chi connectivity index (χ1n) is 7.83. The number of aliphatic hydroxyl groups is 1. The molecule has 23 heavy (non-hydrogen) atoms. The fourth-order valence-corrected chi connectivity index (χ4v) is 3.15. The van der Waals surface area contributed by atoms with Gasteiger partial charge in [-0.2, -0.15) is 0 Å². The lowest BCUT2D eigenvalue weighted by molar-refractivity contribution is 0.296. The van der Waals surface area contributed by atoms with Crippen LogP contribution in [-0.2, 0) is 13.5 Å². The Morgan fingerprint density at radius 2 is 1.61 bits per heavy atom. The first-order valence-corrected chi connectivity index (χ1v) is 7.83. The Bertz CT molecular complexity index is 924. The van der Waals surface area contributed by atoms with Gasteiger partial charge in [-0.05, 0) is 42.0 Å². The average molecular weight is 307 g/mol. The highest BCUT2D eigenvalue weighted by Crippen LogP contribution is 2.32. The lowest BCUT2D eigenvalue weighted by Crippen LogP contribution is -2.23. The molecule has 1 N–H and O–H groups in total. The molecule has 2 aromatic carbocycles. The summed E-state index contributed by atoms with van der Waals surface area (Å²) in [5.74, 6) is 0. The number of fused-ring (bicyclic) bond motifs is 1. The number of hydrogen-bond donors (Lipinski definition) is 1. The van der Waals surface area contributed by atoms with Gasteiger partial charge in [0.25, 0.3) is 5.56 Å². The maximum absolute atomic E-state index is 12.8. The molecule has 0 atom stereocenters. The van der Waals surface area contributed by atoms with Crippen LogP contribution in [0.25, 0.3) is 21.9 Å². The van der Waals surface area contributed by atoms with Gasteiger partial charge in [-0.1, -0.05) is 36.4 Å². The van der Waals surface area contributed by atoms with Crippen LogP contribution in [0, 0.1) is 13.8 Å². The third kappa shape index (κ3) is 2.57. The van der Waals surface area contributed by atoms with Gasteiger partial charge in [0.1, 0.15) is 0 Å². The summed E-state index contributed by atoms with van der Waals surface area (Å²) in [5.41, 5.74) is 5.26. The molecule has 0 unspecified atom stereocenters. The van der Waals surface area contributed by atoms with E-state index in [0.29, 0.717) is 6.42 Å². The van der Waals surface area contributed by atoms with Crippen LogP contribution in [0.15, 0.2) is 47.3 Å². The topological polar surface area (TPSA) is 42.2 Å². The van der Waals surface area contributed by atoms with E-state index in [0.717, 1.165) is 38.7 Å². The van der Waals surface area contributed by atoms with Gasteiger partial charge in [0.05, 0.1) is 0 Å². The summed E-state index contributed by atoms with van der Waals surface area (Å²) in [4.78, 5) is 12.8. The Balaban J connectivity index is 2.52. The number of aliphatic hydroxyl groups excluding tert-OH is 1. The molecule has 1 heterocycles. The summed E-state index contributed by atoms with van der Waals surface area (Å²) in [5, 5.41) is 11.2. The number of rotatable bonds is 3. The van der Waals surface area contributed by atoms with Crippen molar-refractivity contribution >= 4 is 10.8 Å². The predicted octanol–water partition coefficient (Wildman–Crippen LogP) is 3.36. The van der Waals surface area contributed by atoms with Gasteiger partial charge in [0, 0.05) is 36.7 Å². The highest BCUT2D eigenvalue weighted by atomic mass is 16.3. The number of nitrogens with zero attached hydrogens (tertiary/aromatic N) is 1. The fourth-order valence-electron chi connectivity index (χ4n) is 3.15. The Morgan fingerprint density at radius 1 is 1.00 bits per heavy atom. The van der Waals surface area contributed by atoms with Crippen molar-refractivity contribution in [3.8, 4) is 11.1 Å². The molecule has 1 aromatic heterocycles. The Kier molecular flexibility index (Phi) is 4.05. The molecule has 0 aliphatic carbocycles. The van der Waals surface area contributed by atoms with E-state index in [1.165, 1.54) is 0 Å². The molecule has 118 valence electrons. The van der Waals surface area contributed by atoms with Crippen LogP contribution in [0.1, 0.15) is 16.8 Å². The van der Waals surface area contributed by atoms with E-state index < -0.39 is 0 Å². The SMILES string of the molecule is Cc1cc2c(-c3ccccc3)c(CCO)n(C)c(=O)c2cc1C. The lowest BCUT2D eigenvalue weighted by Gasteiger charge is -2.18. The van der Waals surface area contributed by atoms with Gasteiger partial charge in [-0.15, -0.1) is 0 Å². The zero-order valence-electron chi connectivity index (χ0n) is 13.8. The summed E-state index contributed by atoms with van der Waals surface area (Å²) in [6, 6.07) is 14.1. The Labute approximate surface area is 135 Å². The second kappa shape index (κ2) is 6.01. The molecule has 0 amide bonds. The summed E-state index contributed by atoms with van der Waals surface area (Å²) >= 11 is 0. The van der Waals surface area contributed by atoms with Crippen LogP contribution in [0.2, 0.25) is 0 Å². The maximum atomic E-state index is 12.8. The van der Waals surface area contributed by atoms with Crippen molar-refractivity contribution in [2.24, 2.45) is 7.05 Å². The monoisotopic (exact) mass is 307 g/mol. The van der Waals surface area contributed by atoms with Crippen molar-refractivity contribution in [2.45, 2.75) is 20.3 Å². The van der Waals surface area contributed by atoms with Gasteiger partial charge in [-0.25, -0.2) is 0 Å². The zero-order valence-corrected chi connectivity index (χ0v) is 13.8. The number of benzene rings is 2. The van der Waals surface area contributed by atoms with Gasteiger partial charge in [0.2, 0.25) is 0 Å². The number of pyridine rings is 1. The second-order valence-corrected chi connectivity index (χ2v) is 6.01. The lowest BCUT2D eigenvalue weighted by atomic mass is 9.93. The minimum Gasteiger partial charge on any atom is -0.396 e. The molecule has 0 radical (unpaired) electrons. The summed E-state index contributed by atoms with van der Waals surface area (Å²) in [7, 11) is 1.79. The van der Waals surface area contributed by atoms with Gasteiger partial charge < -0.3 is 9.67 Å². The van der Waals surface area contributed by atoms with Gasteiger partial charge in [0.15, 0.2) is 0 Å². The molecule has 0 bridgehead atoms. The number of hydrogen-bond acceptors (Lipinski definition) is 2. The quantitative estimate of drug-likeness (QED) is 0.806. The van der Waals surface area contributed by atoms with Crippen LogP contribution in [0.3, 0.4) is 0 Å². The van der Waals surface area contributed by atoms with Crippen molar-refractivity contribution in [2.75, 3.05) is 6.61 Å². The summed E-state index contributed by atoms with van der Waals surface area (Å²) < 4.78 is 1.68. The molecule has 0 aliphatic rings. The molecule has 0 saturated heterocycles. The zero-order chi connectivity index (χ0) is 16.6. The third-order valence-electron chi connectivity index (χ3n) is 4.54. The fraction of sp³-hybridized carbons (Fsp3) is 0.250. The minimum atomic E-state index is -0.00812. The summed E-state index contributed by atoms with van der Waals surface area (Å²) in [6.07, 6.45) is 0.457. The van der Waals surface area contributed by atoms with Crippen LogP contribution >= 0.6 is 0 Å². The van der Waals surface area contributed by atoms with E-state index in [-0.39, 0.29) is 12.2 Å². The van der Waals surface area contributed by atoms with Gasteiger partial charge in [-0.3, -0.25) is 4.79 Å². The van der Waals surface area contributed by atoms with Crippen LogP contribution < -0.4 is 5.56 Å². The normalized spacial score (nSPS) is 11.1. The Morgan fingerprint density at radius 3 is 2.22 bits per heavy atom. The Hall–Kier alpha value is -2.39. The van der Waals surface area contributed by atoms with E-state index in [9.17, 15) is 9.90 Å². The van der Waals surface area contributed by atoms with Gasteiger partial charge >= 0.3 is 0 Å². The van der Waals surface area contributed by atoms with Crippen LogP contribution in [0.5, 0.6) is 0 Å². The van der Waals surface area contributed by atoms with Crippen molar-refractivity contribution in [3.05, 3.63) is 69.6 Å². The number of aryl methyl sites for hydroxylation is 2. The molecule has 3 heteroatoms. The standard InChI is InChI=1S/C20H21NO2/c1-13-11-16-17(12-14(13)2)20(23)21(3)18(9-10-22)19(16)15-7-5-4-6-8-15/h4-8,11-12,22H,9-10H2,1-3H3. The average Bonchev–Trinajstić information content (AvgIpc) is 2.56. The number of aromatic nitrogens is 1. The largest absolute Gasteiger partial charge is 0.396 e. The molecule has 3 rings (SSSR count). The predicted molar refractivity (Wildman–Crippen MR) is 94.9 cm³/mol. The molecule has 3 aromatic rings. The van der Waals surface area contributed by atoms with Crippen molar-refractivity contribution in [1.82, 2.24) is 4.57 Å². The summed E-state index contributed by atoms with van der Waals surface area (Å²) in [6.45, 7) is 4.11. The highest BCUT2D eigenvalue weighted by Gasteiger charge is 2.16. The van der Waals surface area contributed by atoms with E-state index in [1.54, 1.807) is 11.6 Å². The second-order valence-electron chi connectivity index (χ2n) is 6.01. The van der Waals surface area contributed by atoms with E-state index in [1.807, 2.05) is 31.2 Å². The van der Waals surface area contributed by atoms with E-state index >= 15 is 0 Å². The molecule has 0 aliphatic heterocycles. The first-order chi connectivity index (χ1) is 11.0. The third-order valence-corrected chi connectivity index (χ3v) is 4.54. The molecule has 0 spiro atoms. The van der Waals surface area contributed by atoms with E-state index in [2.05, 4.69) is 25.1 Å². The highest BCUT2D eigenvalue weighted by molar-refractivity contribution is 5.98. The first kappa shape index (κ1) is 15.5. The molecule has 3 nitrogen and oxygen atoms in total. The molecular formula is C20H21NO2. The van der Waals surface area contributed by atoms with E-state index in [4.69, 9.17) is 0 Å². The smallest absolute Gasteiger partial charge is 0.258 e. The maximum Gasteiger partial charge on any atom is 0.258 e.